The molecule has 0 aliphatic carbocycles. The Kier molecular flexibility index (Phi) is 3.35. The van der Waals surface area contributed by atoms with Crippen molar-refractivity contribution in [2.45, 2.75) is 45.9 Å². The molecule has 1 aliphatic rings. The maximum atomic E-state index is 11.9. The van der Waals surface area contributed by atoms with Crippen LogP contribution >= 0.6 is 0 Å². The topological polar surface area (TPSA) is 65.1 Å². The van der Waals surface area contributed by atoms with Gasteiger partial charge < -0.3 is 14.2 Å². The predicted molar refractivity (Wildman–Crippen MR) is 58.5 cm³/mol. The second-order valence-electron chi connectivity index (χ2n) is 5.05. The molecule has 6 heteroatoms. The van der Waals surface area contributed by atoms with E-state index < -0.39 is 17.4 Å². The van der Waals surface area contributed by atoms with Gasteiger partial charge in [0.05, 0.1) is 0 Å². The van der Waals surface area contributed by atoms with Crippen molar-refractivity contribution in [3.05, 3.63) is 12.1 Å². The van der Waals surface area contributed by atoms with Gasteiger partial charge in [-0.3, -0.25) is 4.79 Å². The van der Waals surface area contributed by atoms with Gasteiger partial charge in [0.15, 0.2) is 5.72 Å². The number of hydrogen-bond donors (Lipinski definition) is 0. The molecule has 0 N–H and O–H groups in total. The molecule has 0 saturated heterocycles. The van der Waals surface area contributed by atoms with Crippen LogP contribution in [0.15, 0.2) is 12.1 Å². The van der Waals surface area contributed by atoms with Gasteiger partial charge in [-0.05, 0) is 34.6 Å². The third kappa shape index (κ3) is 3.12. The van der Waals surface area contributed by atoms with Crippen LogP contribution in [-0.4, -0.2) is 28.8 Å². The summed E-state index contributed by atoms with van der Waals surface area (Å²) >= 11 is 0. The van der Waals surface area contributed by atoms with E-state index in [1.165, 1.54) is 6.26 Å². The fourth-order valence-corrected chi connectivity index (χ4v) is 1.31. The van der Waals surface area contributed by atoms with Gasteiger partial charge in [0.2, 0.25) is 5.88 Å². The monoisotopic (exact) mass is 243 g/mol. The fourth-order valence-electron chi connectivity index (χ4n) is 1.31. The highest BCUT2D eigenvalue weighted by Gasteiger charge is 2.43. The molecule has 0 atom stereocenters. The number of carbonyl (C=O) groups is 2. The molecule has 0 spiro atoms. The first-order chi connectivity index (χ1) is 7.67. The molecule has 17 heavy (non-hydrogen) atoms. The van der Waals surface area contributed by atoms with Crippen LogP contribution in [0.2, 0.25) is 0 Å². The molecule has 0 radical (unpaired) electrons. The summed E-state index contributed by atoms with van der Waals surface area (Å²) in [7, 11) is 0. The molecular formula is C11H17NO5. The zero-order valence-corrected chi connectivity index (χ0v) is 10.6. The minimum Gasteiger partial charge on any atom is -0.470 e. The standard InChI is InChI=1S/C11H17NO5/c1-10(2,3)17-9(14)12-8(15-7-13)6-16-11(12,4)5/h6-7H,1-5H3. The van der Waals surface area contributed by atoms with Crippen molar-refractivity contribution in [3.8, 4) is 0 Å². The van der Waals surface area contributed by atoms with Crippen LogP contribution in [0.1, 0.15) is 34.6 Å². The van der Waals surface area contributed by atoms with Crippen LogP contribution in [0.5, 0.6) is 0 Å². The zero-order valence-electron chi connectivity index (χ0n) is 10.6. The van der Waals surface area contributed by atoms with Gasteiger partial charge in [-0.15, -0.1) is 0 Å². The Labute approximate surface area is 100 Å². The number of amides is 1. The lowest BCUT2D eigenvalue weighted by molar-refractivity contribution is -0.128. The molecule has 1 rings (SSSR count). The second-order valence-corrected chi connectivity index (χ2v) is 5.05. The third-order valence-corrected chi connectivity index (χ3v) is 1.95. The second kappa shape index (κ2) is 4.27. The Morgan fingerprint density at radius 1 is 1.47 bits per heavy atom. The summed E-state index contributed by atoms with van der Waals surface area (Å²) in [6.45, 7) is 8.80. The smallest absolute Gasteiger partial charge is 0.420 e. The van der Waals surface area contributed by atoms with E-state index in [2.05, 4.69) is 4.74 Å². The largest absolute Gasteiger partial charge is 0.470 e. The summed E-state index contributed by atoms with van der Waals surface area (Å²) in [5.74, 6) is 0.0132. The molecule has 0 aromatic carbocycles. The molecule has 0 saturated carbocycles. The molecule has 96 valence electrons. The lowest BCUT2D eigenvalue weighted by Crippen LogP contribution is -2.46. The molecule has 0 bridgehead atoms. The summed E-state index contributed by atoms with van der Waals surface area (Å²) in [4.78, 5) is 23.4. The van der Waals surface area contributed by atoms with Crippen molar-refractivity contribution in [2.75, 3.05) is 0 Å². The van der Waals surface area contributed by atoms with E-state index in [0.29, 0.717) is 0 Å². The van der Waals surface area contributed by atoms with Crippen molar-refractivity contribution in [1.82, 2.24) is 4.90 Å². The van der Waals surface area contributed by atoms with Crippen LogP contribution in [0.25, 0.3) is 0 Å². The average Bonchev–Trinajstić information content (AvgIpc) is 2.39. The number of ether oxygens (including phenoxy) is 3. The van der Waals surface area contributed by atoms with Gasteiger partial charge in [-0.1, -0.05) is 0 Å². The summed E-state index contributed by atoms with van der Waals surface area (Å²) in [6, 6.07) is 0. The van der Waals surface area contributed by atoms with Gasteiger partial charge in [0, 0.05) is 0 Å². The Hall–Kier alpha value is -1.72. The van der Waals surface area contributed by atoms with Crippen LogP contribution in [0.3, 0.4) is 0 Å². The van der Waals surface area contributed by atoms with Crippen LogP contribution < -0.4 is 0 Å². The normalized spacial score (nSPS) is 18.2. The number of carbonyl (C=O) groups excluding carboxylic acids is 2. The molecule has 0 fully saturated rings. The van der Waals surface area contributed by atoms with E-state index in [4.69, 9.17) is 9.47 Å². The highest BCUT2D eigenvalue weighted by Crippen LogP contribution is 2.31. The number of rotatable bonds is 2. The van der Waals surface area contributed by atoms with Crippen LogP contribution in [-0.2, 0) is 19.0 Å². The molecule has 1 aliphatic heterocycles. The lowest BCUT2D eigenvalue weighted by Gasteiger charge is -2.32. The molecule has 0 aromatic heterocycles. The first-order valence-corrected chi connectivity index (χ1v) is 5.19. The first kappa shape index (κ1) is 13.3. The summed E-state index contributed by atoms with van der Waals surface area (Å²) in [5.41, 5.74) is -1.58. The molecular weight excluding hydrogens is 226 g/mol. The molecule has 0 unspecified atom stereocenters. The van der Waals surface area contributed by atoms with Crippen molar-refractivity contribution in [1.29, 1.82) is 0 Å². The zero-order chi connectivity index (χ0) is 13.3. The van der Waals surface area contributed by atoms with E-state index in [1.54, 1.807) is 34.6 Å². The van der Waals surface area contributed by atoms with Crippen molar-refractivity contribution in [2.24, 2.45) is 0 Å². The van der Waals surface area contributed by atoms with Crippen molar-refractivity contribution < 1.29 is 23.8 Å². The predicted octanol–water partition coefficient (Wildman–Crippen LogP) is 1.96. The molecule has 1 heterocycles. The quantitative estimate of drug-likeness (QED) is 0.694. The highest BCUT2D eigenvalue weighted by atomic mass is 16.6. The van der Waals surface area contributed by atoms with Gasteiger partial charge in [0.25, 0.3) is 6.47 Å². The summed E-state index contributed by atoms with van der Waals surface area (Å²) in [5, 5.41) is 0. The maximum Gasteiger partial charge on any atom is 0.420 e. The summed E-state index contributed by atoms with van der Waals surface area (Å²) in [6.07, 6.45) is 0.575. The van der Waals surface area contributed by atoms with Gasteiger partial charge in [0.1, 0.15) is 11.9 Å². The van der Waals surface area contributed by atoms with E-state index in [0.717, 1.165) is 4.90 Å². The molecule has 6 nitrogen and oxygen atoms in total. The average molecular weight is 243 g/mol. The van der Waals surface area contributed by atoms with E-state index >= 15 is 0 Å². The molecule has 1 amide bonds. The fraction of sp³-hybridized carbons (Fsp3) is 0.636. The minimum atomic E-state index is -0.944. The van der Waals surface area contributed by atoms with Gasteiger partial charge >= 0.3 is 6.09 Å². The lowest BCUT2D eigenvalue weighted by atomic mass is 10.2. The van der Waals surface area contributed by atoms with Crippen molar-refractivity contribution >= 4 is 12.6 Å². The third-order valence-electron chi connectivity index (χ3n) is 1.95. The van der Waals surface area contributed by atoms with Crippen LogP contribution in [0.4, 0.5) is 4.79 Å². The van der Waals surface area contributed by atoms with Gasteiger partial charge in [-0.25, -0.2) is 9.69 Å². The number of hydrogen-bond acceptors (Lipinski definition) is 5. The van der Waals surface area contributed by atoms with E-state index in [-0.39, 0.29) is 12.4 Å². The Morgan fingerprint density at radius 2 is 2.06 bits per heavy atom. The Morgan fingerprint density at radius 3 is 2.53 bits per heavy atom. The highest BCUT2D eigenvalue weighted by molar-refractivity contribution is 5.71. The first-order valence-electron chi connectivity index (χ1n) is 5.19. The van der Waals surface area contributed by atoms with Crippen molar-refractivity contribution in [3.63, 3.8) is 0 Å². The minimum absolute atomic E-state index is 0.0132. The Balaban J connectivity index is 2.87. The Bertz CT molecular complexity index is 353. The van der Waals surface area contributed by atoms with E-state index in [9.17, 15) is 9.59 Å². The maximum absolute atomic E-state index is 11.9. The van der Waals surface area contributed by atoms with Crippen LogP contribution in [0, 0.1) is 0 Å². The molecule has 0 aromatic rings. The summed E-state index contributed by atoms with van der Waals surface area (Å²) < 4.78 is 15.1. The van der Waals surface area contributed by atoms with E-state index in [1.807, 2.05) is 0 Å². The SMILES string of the molecule is CC(C)(C)OC(=O)N1C(OC=O)=COC1(C)C. The number of nitrogens with zero attached hydrogens (tertiary/aromatic N) is 1. The van der Waals surface area contributed by atoms with Gasteiger partial charge in [-0.2, -0.15) is 0 Å².